The molecule has 3 N–H and O–H groups in total. The first-order valence-corrected chi connectivity index (χ1v) is 7.03. The summed E-state index contributed by atoms with van der Waals surface area (Å²) in [6.07, 6.45) is 2.49. The third kappa shape index (κ3) is 4.75. The summed E-state index contributed by atoms with van der Waals surface area (Å²) in [7, 11) is 0. The third-order valence-electron chi connectivity index (χ3n) is 3.39. The Kier molecular flexibility index (Phi) is 5.16. The van der Waals surface area contributed by atoms with Gasteiger partial charge in [0.15, 0.2) is 0 Å². The lowest BCUT2D eigenvalue weighted by Gasteiger charge is -2.11. The van der Waals surface area contributed by atoms with Crippen molar-refractivity contribution in [1.82, 2.24) is 5.32 Å². The van der Waals surface area contributed by atoms with Crippen molar-refractivity contribution in [2.24, 2.45) is 5.92 Å². The van der Waals surface area contributed by atoms with Crippen LogP contribution in [-0.2, 0) is 4.74 Å². The summed E-state index contributed by atoms with van der Waals surface area (Å²) in [6.45, 7) is 3.34. The number of carboxylic acid groups (broad SMARTS) is 1. The molecule has 0 aliphatic heterocycles. The molecule has 0 saturated heterocycles. The van der Waals surface area contributed by atoms with Crippen LogP contribution < -0.4 is 10.6 Å². The maximum atomic E-state index is 11.7. The van der Waals surface area contributed by atoms with Crippen molar-refractivity contribution in [2.75, 3.05) is 25.1 Å². The molecule has 0 unspecified atom stereocenters. The molecule has 1 fully saturated rings. The number of carboxylic acids is 1. The van der Waals surface area contributed by atoms with E-state index in [9.17, 15) is 9.59 Å². The van der Waals surface area contributed by atoms with Crippen molar-refractivity contribution in [3.8, 4) is 0 Å². The Hall–Kier alpha value is -2.08. The van der Waals surface area contributed by atoms with Gasteiger partial charge in [-0.2, -0.15) is 0 Å². The number of benzene rings is 1. The van der Waals surface area contributed by atoms with Gasteiger partial charge in [-0.15, -0.1) is 0 Å². The lowest BCUT2D eigenvalue weighted by atomic mass is 10.1. The minimum atomic E-state index is -1.01. The number of carbonyl (C=O) groups is 2. The van der Waals surface area contributed by atoms with E-state index in [4.69, 9.17) is 9.84 Å². The predicted octanol–water partition coefficient (Wildman–Crippen LogP) is 2.24. The molecule has 2 rings (SSSR count). The van der Waals surface area contributed by atoms with E-state index < -0.39 is 5.97 Å². The average molecular weight is 292 g/mol. The Balaban J connectivity index is 1.76. The number of hydrogen-bond donors (Lipinski definition) is 3. The second-order valence-electron chi connectivity index (χ2n) is 5.18. The Morgan fingerprint density at radius 2 is 2.14 bits per heavy atom. The summed E-state index contributed by atoms with van der Waals surface area (Å²) in [4.78, 5) is 22.7. The van der Waals surface area contributed by atoms with Crippen molar-refractivity contribution in [3.63, 3.8) is 0 Å². The SMILES string of the molecule is Cc1c(NC(=O)NCCOCC2CC2)cccc1C(=O)O. The van der Waals surface area contributed by atoms with Crippen molar-refractivity contribution in [1.29, 1.82) is 0 Å². The smallest absolute Gasteiger partial charge is 0.336 e. The molecule has 1 aromatic carbocycles. The summed E-state index contributed by atoms with van der Waals surface area (Å²) in [6, 6.07) is 4.41. The van der Waals surface area contributed by atoms with Crippen LogP contribution >= 0.6 is 0 Å². The van der Waals surface area contributed by atoms with E-state index in [-0.39, 0.29) is 11.6 Å². The zero-order valence-corrected chi connectivity index (χ0v) is 12.0. The van der Waals surface area contributed by atoms with Crippen molar-refractivity contribution >= 4 is 17.7 Å². The fraction of sp³-hybridized carbons (Fsp3) is 0.467. The Morgan fingerprint density at radius 1 is 1.38 bits per heavy atom. The monoisotopic (exact) mass is 292 g/mol. The number of anilines is 1. The molecule has 0 radical (unpaired) electrons. The molecule has 0 bridgehead atoms. The van der Waals surface area contributed by atoms with Crippen molar-refractivity contribution in [3.05, 3.63) is 29.3 Å². The molecule has 6 nitrogen and oxygen atoms in total. The van der Waals surface area contributed by atoms with Gasteiger partial charge in [-0.1, -0.05) is 6.07 Å². The minimum Gasteiger partial charge on any atom is -0.478 e. The van der Waals surface area contributed by atoms with Crippen LogP contribution in [0.5, 0.6) is 0 Å². The van der Waals surface area contributed by atoms with Crippen LogP contribution in [0, 0.1) is 12.8 Å². The first kappa shape index (κ1) is 15.3. The van der Waals surface area contributed by atoms with Gasteiger partial charge in [-0.05, 0) is 43.4 Å². The van der Waals surface area contributed by atoms with E-state index in [1.54, 1.807) is 19.1 Å². The van der Waals surface area contributed by atoms with E-state index in [0.717, 1.165) is 6.61 Å². The van der Waals surface area contributed by atoms with E-state index in [0.29, 0.717) is 30.3 Å². The van der Waals surface area contributed by atoms with E-state index in [2.05, 4.69) is 10.6 Å². The summed E-state index contributed by atoms with van der Waals surface area (Å²) < 4.78 is 5.41. The highest BCUT2D eigenvalue weighted by atomic mass is 16.5. The first-order chi connectivity index (χ1) is 10.1. The van der Waals surface area contributed by atoms with E-state index in [1.165, 1.54) is 18.9 Å². The minimum absolute atomic E-state index is 0.181. The van der Waals surface area contributed by atoms with Gasteiger partial charge in [0, 0.05) is 18.8 Å². The average Bonchev–Trinajstić information content (AvgIpc) is 3.24. The molecule has 2 amide bonds. The highest BCUT2D eigenvalue weighted by Gasteiger charge is 2.20. The molecule has 0 heterocycles. The number of nitrogens with one attached hydrogen (secondary N) is 2. The number of ether oxygens (including phenoxy) is 1. The summed E-state index contributed by atoms with van der Waals surface area (Å²) in [5.74, 6) is -0.301. The largest absolute Gasteiger partial charge is 0.478 e. The van der Waals surface area contributed by atoms with Crippen LogP contribution in [0.2, 0.25) is 0 Å². The summed E-state index contributed by atoms with van der Waals surface area (Å²) in [5.41, 5.74) is 1.21. The van der Waals surface area contributed by atoms with Gasteiger partial charge in [-0.3, -0.25) is 0 Å². The van der Waals surface area contributed by atoms with E-state index in [1.807, 2.05) is 0 Å². The topological polar surface area (TPSA) is 87.7 Å². The molecule has 0 spiro atoms. The number of aromatic carboxylic acids is 1. The zero-order chi connectivity index (χ0) is 15.2. The van der Waals surface area contributed by atoms with Crippen LogP contribution in [0.15, 0.2) is 18.2 Å². The number of carbonyl (C=O) groups excluding carboxylic acids is 1. The second-order valence-corrected chi connectivity index (χ2v) is 5.18. The quantitative estimate of drug-likeness (QED) is 0.673. The van der Waals surface area contributed by atoms with Crippen LogP contribution in [0.3, 0.4) is 0 Å². The first-order valence-electron chi connectivity index (χ1n) is 7.03. The molecule has 0 atom stereocenters. The van der Waals surface area contributed by atoms with Gasteiger partial charge in [0.2, 0.25) is 0 Å². The normalized spacial score (nSPS) is 13.8. The molecule has 114 valence electrons. The predicted molar refractivity (Wildman–Crippen MR) is 78.7 cm³/mol. The molecule has 21 heavy (non-hydrogen) atoms. The summed E-state index contributed by atoms with van der Waals surface area (Å²) in [5, 5.41) is 14.4. The van der Waals surface area contributed by atoms with Gasteiger partial charge in [0.25, 0.3) is 0 Å². The number of hydrogen-bond acceptors (Lipinski definition) is 3. The molecule has 1 aromatic rings. The fourth-order valence-corrected chi connectivity index (χ4v) is 1.94. The number of amides is 2. The van der Waals surface area contributed by atoms with E-state index >= 15 is 0 Å². The Morgan fingerprint density at radius 3 is 2.81 bits per heavy atom. The highest BCUT2D eigenvalue weighted by Crippen LogP contribution is 2.28. The standard InChI is InChI=1S/C15H20N2O4/c1-10-12(14(18)19)3-2-4-13(10)17-15(20)16-7-8-21-9-11-5-6-11/h2-4,11H,5-9H2,1H3,(H,18,19)(H2,16,17,20). The lowest BCUT2D eigenvalue weighted by Crippen LogP contribution is -2.32. The van der Waals surface area contributed by atoms with Crippen LogP contribution in [0.1, 0.15) is 28.8 Å². The third-order valence-corrected chi connectivity index (χ3v) is 3.39. The van der Waals surface area contributed by atoms with Crippen molar-refractivity contribution < 1.29 is 19.4 Å². The van der Waals surface area contributed by atoms with Gasteiger partial charge >= 0.3 is 12.0 Å². The highest BCUT2D eigenvalue weighted by molar-refractivity contribution is 5.95. The molecule has 1 saturated carbocycles. The van der Waals surface area contributed by atoms with Crippen LogP contribution in [0.4, 0.5) is 10.5 Å². The summed E-state index contributed by atoms with van der Waals surface area (Å²) >= 11 is 0. The Labute approximate surface area is 123 Å². The van der Waals surface area contributed by atoms with Gasteiger partial charge in [-0.25, -0.2) is 9.59 Å². The maximum Gasteiger partial charge on any atom is 0.336 e. The lowest BCUT2D eigenvalue weighted by molar-refractivity contribution is 0.0696. The number of urea groups is 1. The molecular weight excluding hydrogens is 272 g/mol. The van der Waals surface area contributed by atoms with Crippen LogP contribution in [0.25, 0.3) is 0 Å². The molecule has 1 aliphatic rings. The van der Waals surface area contributed by atoms with Gasteiger partial charge in [0.05, 0.1) is 12.2 Å². The fourth-order valence-electron chi connectivity index (χ4n) is 1.94. The van der Waals surface area contributed by atoms with Crippen LogP contribution in [-0.4, -0.2) is 36.9 Å². The number of rotatable bonds is 7. The molecule has 0 aromatic heterocycles. The van der Waals surface area contributed by atoms with Gasteiger partial charge < -0.3 is 20.5 Å². The maximum absolute atomic E-state index is 11.7. The zero-order valence-electron chi connectivity index (χ0n) is 12.0. The Bertz CT molecular complexity index is 526. The molecule has 6 heteroatoms. The van der Waals surface area contributed by atoms with Crippen molar-refractivity contribution in [2.45, 2.75) is 19.8 Å². The second kappa shape index (κ2) is 7.08. The van der Waals surface area contributed by atoms with Gasteiger partial charge in [0.1, 0.15) is 0 Å². The molecular formula is C15H20N2O4. The molecule has 1 aliphatic carbocycles.